The van der Waals surface area contributed by atoms with Crippen LogP contribution in [0.15, 0.2) is 42.5 Å². The molecule has 1 aliphatic heterocycles. The molecule has 2 aromatic rings. The topological polar surface area (TPSA) is 75.5 Å². The summed E-state index contributed by atoms with van der Waals surface area (Å²) in [5.41, 5.74) is 1.89. The van der Waals surface area contributed by atoms with Gasteiger partial charge in [-0.3, -0.25) is 19.8 Å². The van der Waals surface area contributed by atoms with Gasteiger partial charge in [-0.05, 0) is 41.5 Å². The molecule has 2 aromatic carbocycles. The number of benzene rings is 2. The Morgan fingerprint density at radius 2 is 1.76 bits per heavy atom. The molecule has 2 unspecified atom stereocenters. The quantitative estimate of drug-likeness (QED) is 0.550. The van der Waals surface area contributed by atoms with Crippen LogP contribution >= 0.6 is 11.6 Å². The van der Waals surface area contributed by atoms with Gasteiger partial charge in [-0.25, -0.2) is 0 Å². The van der Waals surface area contributed by atoms with Crippen molar-refractivity contribution in [3.8, 4) is 0 Å². The summed E-state index contributed by atoms with van der Waals surface area (Å²) in [4.78, 5) is 25.5. The monoisotopic (exact) mass is 415 g/mol. The van der Waals surface area contributed by atoms with E-state index in [-0.39, 0.29) is 16.3 Å². The van der Waals surface area contributed by atoms with E-state index in [4.69, 9.17) is 11.6 Å². The standard InChI is InChI=1S/C22H26ClN3O3/c1-15-9-16(2)13-25(12-15)14-18-5-3-17(4-6-18)11-24-22(27)20-10-19(23)7-8-21(20)26(28)29/h3-8,10,15-16H,9,11-14H2,1-2H3,(H,24,27). The second kappa shape index (κ2) is 9.37. The number of hydrogen-bond donors (Lipinski definition) is 1. The first-order valence-corrected chi connectivity index (χ1v) is 10.2. The largest absolute Gasteiger partial charge is 0.348 e. The number of piperidine rings is 1. The normalized spacial score (nSPS) is 19.7. The van der Waals surface area contributed by atoms with Crippen molar-refractivity contribution in [2.45, 2.75) is 33.4 Å². The van der Waals surface area contributed by atoms with Crippen molar-refractivity contribution in [2.75, 3.05) is 13.1 Å². The fourth-order valence-electron chi connectivity index (χ4n) is 4.07. The number of carbonyl (C=O) groups excluding carboxylic acids is 1. The van der Waals surface area contributed by atoms with Gasteiger partial charge in [-0.15, -0.1) is 0 Å². The van der Waals surface area contributed by atoms with Crippen molar-refractivity contribution in [1.29, 1.82) is 0 Å². The molecule has 7 heteroatoms. The fourth-order valence-corrected chi connectivity index (χ4v) is 4.24. The highest BCUT2D eigenvalue weighted by Gasteiger charge is 2.22. The van der Waals surface area contributed by atoms with E-state index in [1.807, 2.05) is 12.1 Å². The van der Waals surface area contributed by atoms with E-state index in [1.165, 1.54) is 30.2 Å². The summed E-state index contributed by atoms with van der Waals surface area (Å²) < 4.78 is 0. The third kappa shape index (κ3) is 5.78. The van der Waals surface area contributed by atoms with Crippen molar-refractivity contribution in [2.24, 2.45) is 11.8 Å². The molecule has 1 fully saturated rings. The third-order valence-corrected chi connectivity index (χ3v) is 5.46. The first-order chi connectivity index (χ1) is 13.8. The molecule has 0 spiro atoms. The second-order valence-electron chi connectivity index (χ2n) is 8.06. The van der Waals surface area contributed by atoms with Crippen LogP contribution in [0.5, 0.6) is 0 Å². The maximum absolute atomic E-state index is 12.4. The lowest BCUT2D eigenvalue weighted by atomic mass is 9.91. The van der Waals surface area contributed by atoms with Crippen molar-refractivity contribution in [1.82, 2.24) is 10.2 Å². The molecule has 0 saturated carbocycles. The van der Waals surface area contributed by atoms with Crippen LogP contribution in [0.2, 0.25) is 5.02 Å². The number of hydrogen-bond acceptors (Lipinski definition) is 4. The predicted molar refractivity (Wildman–Crippen MR) is 114 cm³/mol. The highest BCUT2D eigenvalue weighted by Crippen LogP contribution is 2.24. The Kier molecular flexibility index (Phi) is 6.87. The van der Waals surface area contributed by atoms with Gasteiger partial charge in [0.15, 0.2) is 0 Å². The van der Waals surface area contributed by atoms with Gasteiger partial charge in [0.25, 0.3) is 11.6 Å². The Morgan fingerprint density at radius 1 is 1.14 bits per heavy atom. The van der Waals surface area contributed by atoms with Gasteiger partial charge in [0.2, 0.25) is 0 Å². The molecule has 0 radical (unpaired) electrons. The number of halogens is 1. The summed E-state index contributed by atoms with van der Waals surface area (Å²) in [6.07, 6.45) is 1.29. The molecule has 1 aliphatic rings. The van der Waals surface area contributed by atoms with Crippen LogP contribution in [0.1, 0.15) is 41.8 Å². The predicted octanol–water partition coefficient (Wildman–Crippen LogP) is 4.66. The van der Waals surface area contributed by atoms with Gasteiger partial charge in [-0.1, -0.05) is 49.7 Å². The van der Waals surface area contributed by atoms with E-state index >= 15 is 0 Å². The summed E-state index contributed by atoms with van der Waals surface area (Å²) >= 11 is 5.89. The first kappa shape index (κ1) is 21.3. The molecule has 1 amide bonds. The van der Waals surface area contributed by atoms with E-state index in [9.17, 15) is 14.9 Å². The maximum atomic E-state index is 12.4. The number of nitro groups is 1. The fraction of sp³-hybridized carbons (Fsp3) is 0.409. The lowest BCUT2D eigenvalue weighted by molar-refractivity contribution is -0.385. The summed E-state index contributed by atoms with van der Waals surface area (Å²) in [6, 6.07) is 12.1. The van der Waals surface area contributed by atoms with Gasteiger partial charge in [-0.2, -0.15) is 0 Å². The van der Waals surface area contributed by atoms with Gasteiger partial charge in [0.05, 0.1) is 4.92 Å². The van der Waals surface area contributed by atoms with Gasteiger partial charge < -0.3 is 5.32 Å². The Labute approximate surface area is 176 Å². The number of nitro benzene ring substituents is 1. The Bertz CT molecular complexity index is 875. The number of rotatable bonds is 6. The molecular weight excluding hydrogens is 390 g/mol. The minimum absolute atomic E-state index is 0.0348. The Hall–Kier alpha value is -2.44. The lowest BCUT2D eigenvalue weighted by Crippen LogP contribution is -2.38. The van der Waals surface area contributed by atoms with Crippen LogP contribution in [0.3, 0.4) is 0 Å². The minimum Gasteiger partial charge on any atom is -0.348 e. The third-order valence-electron chi connectivity index (χ3n) is 5.23. The molecule has 0 aliphatic carbocycles. The smallest absolute Gasteiger partial charge is 0.282 e. The Balaban J connectivity index is 1.59. The number of carbonyl (C=O) groups is 1. The van der Waals surface area contributed by atoms with E-state index in [0.29, 0.717) is 6.54 Å². The van der Waals surface area contributed by atoms with Crippen molar-refractivity contribution < 1.29 is 9.72 Å². The SMILES string of the molecule is CC1CC(C)CN(Cc2ccc(CNC(=O)c3cc(Cl)ccc3[N+](=O)[O-])cc2)C1. The minimum atomic E-state index is -0.581. The highest BCUT2D eigenvalue weighted by atomic mass is 35.5. The van der Waals surface area contributed by atoms with Gasteiger partial charge in [0.1, 0.15) is 5.56 Å². The molecule has 1 heterocycles. The molecule has 6 nitrogen and oxygen atoms in total. The molecule has 0 bridgehead atoms. The molecule has 2 atom stereocenters. The molecule has 0 aromatic heterocycles. The van der Waals surface area contributed by atoms with Crippen LogP contribution in [0, 0.1) is 22.0 Å². The summed E-state index contributed by atoms with van der Waals surface area (Å²) in [5.74, 6) is 0.937. The average Bonchev–Trinajstić information content (AvgIpc) is 2.66. The van der Waals surface area contributed by atoms with Crippen LogP contribution in [-0.4, -0.2) is 28.8 Å². The van der Waals surface area contributed by atoms with E-state index in [0.717, 1.165) is 37.0 Å². The molecule has 154 valence electrons. The summed E-state index contributed by atoms with van der Waals surface area (Å²) in [5, 5.41) is 14.2. The van der Waals surface area contributed by atoms with Crippen LogP contribution in [-0.2, 0) is 13.1 Å². The summed E-state index contributed by atoms with van der Waals surface area (Å²) in [7, 11) is 0. The lowest BCUT2D eigenvalue weighted by Gasteiger charge is -2.35. The zero-order valence-corrected chi connectivity index (χ0v) is 17.5. The first-order valence-electron chi connectivity index (χ1n) is 9.84. The zero-order chi connectivity index (χ0) is 21.0. The van der Waals surface area contributed by atoms with Crippen molar-refractivity contribution in [3.63, 3.8) is 0 Å². The second-order valence-corrected chi connectivity index (χ2v) is 8.49. The Morgan fingerprint density at radius 3 is 2.38 bits per heavy atom. The van der Waals surface area contributed by atoms with Crippen LogP contribution in [0.25, 0.3) is 0 Å². The summed E-state index contributed by atoms with van der Waals surface area (Å²) in [6.45, 7) is 8.08. The molecule has 1 saturated heterocycles. The van der Waals surface area contributed by atoms with Crippen LogP contribution < -0.4 is 5.32 Å². The molecule has 1 N–H and O–H groups in total. The van der Waals surface area contributed by atoms with Crippen LogP contribution in [0.4, 0.5) is 5.69 Å². The van der Waals surface area contributed by atoms with E-state index < -0.39 is 10.8 Å². The van der Waals surface area contributed by atoms with E-state index in [2.05, 4.69) is 36.2 Å². The average molecular weight is 416 g/mol. The van der Waals surface area contributed by atoms with Crippen molar-refractivity contribution in [3.05, 3.63) is 74.3 Å². The highest BCUT2D eigenvalue weighted by molar-refractivity contribution is 6.31. The molecular formula is C22H26ClN3O3. The van der Waals surface area contributed by atoms with E-state index in [1.54, 1.807) is 0 Å². The van der Waals surface area contributed by atoms with Gasteiger partial charge in [0, 0.05) is 37.3 Å². The molecule has 3 rings (SSSR count). The zero-order valence-electron chi connectivity index (χ0n) is 16.7. The number of nitrogens with one attached hydrogen (secondary N) is 1. The number of amides is 1. The van der Waals surface area contributed by atoms with Gasteiger partial charge >= 0.3 is 0 Å². The molecule has 29 heavy (non-hydrogen) atoms. The number of likely N-dealkylation sites (tertiary alicyclic amines) is 1. The van der Waals surface area contributed by atoms with Crippen molar-refractivity contribution >= 4 is 23.2 Å². The number of nitrogens with zero attached hydrogens (tertiary/aromatic N) is 2. The maximum Gasteiger partial charge on any atom is 0.282 e.